The lowest BCUT2D eigenvalue weighted by Gasteiger charge is -2.07. The lowest BCUT2D eigenvalue weighted by molar-refractivity contribution is 0.0949. The van der Waals surface area contributed by atoms with Gasteiger partial charge in [-0.2, -0.15) is 0 Å². The van der Waals surface area contributed by atoms with Gasteiger partial charge in [0.2, 0.25) is 0 Å². The number of carbonyl (C=O) groups excluding carboxylic acids is 1. The Balaban J connectivity index is 1.72. The molecule has 3 aromatic rings. The quantitative estimate of drug-likeness (QED) is 0.757. The Hall–Kier alpha value is -3.22. The van der Waals surface area contributed by atoms with Gasteiger partial charge >= 0.3 is 0 Å². The normalized spacial score (nSPS) is 10.5. The molecule has 0 aliphatic rings. The number of aryl methyl sites for hydroxylation is 1. The first kappa shape index (κ1) is 14.7. The van der Waals surface area contributed by atoms with Crippen molar-refractivity contribution < 1.29 is 4.79 Å². The van der Waals surface area contributed by atoms with E-state index in [0.29, 0.717) is 18.1 Å². The van der Waals surface area contributed by atoms with Crippen LogP contribution >= 0.6 is 0 Å². The lowest BCUT2D eigenvalue weighted by atomic mass is 10.2. The van der Waals surface area contributed by atoms with Crippen molar-refractivity contribution >= 4 is 5.91 Å². The maximum atomic E-state index is 12.1. The fourth-order valence-electron chi connectivity index (χ4n) is 2.13. The van der Waals surface area contributed by atoms with E-state index in [4.69, 9.17) is 0 Å². The third kappa shape index (κ3) is 3.34. The predicted molar refractivity (Wildman–Crippen MR) is 84.3 cm³/mol. The van der Waals surface area contributed by atoms with E-state index in [-0.39, 0.29) is 5.56 Å². The van der Waals surface area contributed by atoms with Gasteiger partial charge in [0.15, 0.2) is 0 Å². The second-order valence-electron chi connectivity index (χ2n) is 5.06. The van der Waals surface area contributed by atoms with Gasteiger partial charge in [0, 0.05) is 30.8 Å². The number of carbonyl (C=O) groups is 1. The summed E-state index contributed by atoms with van der Waals surface area (Å²) in [5.41, 5.74) is 1.29. The third-order valence-corrected chi connectivity index (χ3v) is 3.33. The van der Waals surface area contributed by atoms with Gasteiger partial charge in [-0.3, -0.25) is 14.2 Å². The van der Waals surface area contributed by atoms with Gasteiger partial charge < -0.3 is 10.3 Å². The second kappa shape index (κ2) is 6.27. The minimum atomic E-state index is -0.410. The van der Waals surface area contributed by atoms with Crippen molar-refractivity contribution in [1.29, 1.82) is 0 Å². The van der Waals surface area contributed by atoms with Crippen molar-refractivity contribution in [2.24, 2.45) is 0 Å². The summed E-state index contributed by atoms with van der Waals surface area (Å²) >= 11 is 0. The number of hydrogen-bond donors (Lipinski definition) is 2. The predicted octanol–water partition coefficient (Wildman–Crippen LogP) is 1.19. The standard InChI is InChI=1S/C16H15N5O2/c1-11-2-3-13(16(23)20-11)15(22)19-9-12-4-5-18-14(8-12)21-7-6-17-10-21/h2-8,10H,9H2,1H3,(H,19,22)(H,20,23). The Labute approximate surface area is 132 Å². The fourth-order valence-corrected chi connectivity index (χ4v) is 2.13. The van der Waals surface area contributed by atoms with Crippen LogP contribution in [0.1, 0.15) is 21.6 Å². The Morgan fingerprint density at radius 2 is 2.17 bits per heavy atom. The van der Waals surface area contributed by atoms with E-state index in [1.165, 1.54) is 6.07 Å². The molecule has 0 bridgehead atoms. The molecule has 0 aliphatic heterocycles. The van der Waals surface area contributed by atoms with E-state index in [1.807, 2.05) is 6.07 Å². The molecule has 0 saturated carbocycles. The molecule has 1 amide bonds. The largest absolute Gasteiger partial charge is 0.348 e. The van der Waals surface area contributed by atoms with Crippen LogP contribution in [0.3, 0.4) is 0 Å². The van der Waals surface area contributed by atoms with Gasteiger partial charge in [-0.1, -0.05) is 0 Å². The molecule has 3 rings (SSSR count). The highest BCUT2D eigenvalue weighted by Crippen LogP contribution is 2.07. The SMILES string of the molecule is Cc1ccc(C(=O)NCc2ccnc(-n3ccnc3)c2)c(=O)[nH]1. The number of nitrogens with one attached hydrogen (secondary N) is 2. The summed E-state index contributed by atoms with van der Waals surface area (Å²) in [5.74, 6) is 0.301. The Morgan fingerprint density at radius 1 is 1.30 bits per heavy atom. The topological polar surface area (TPSA) is 92.7 Å². The molecule has 0 atom stereocenters. The summed E-state index contributed by atoms with van der Waals surface area (Å²) in [6.45, 7) is 2.06. The first-order chi connectivity index (χ1) is 11.1. The highest BCUT2D eigenvalue weighted by molar-refractivity contribution is 5.93. The Kier molecular flexibility index (Phi) is 4.01. The summed E-state index contributed by atoms with van der Waals surface area (Å²) in [5, 5.41) is 2.74. The highest BCUT2D eigenvalue weighted by Gasteiger charge is 2.10. The van der Waals surface area contributed by atoms with Gasteiger partial charge in [0.1, 0.15) is 17.7 Å². The molecule has 0 unspecified atom stereocenters. The number of amides is 1. The number of hydrogen-bond acceptors (Lipinski definition) is 4. The van der Waals surface area contributed by atoms with Gasteiger partial charge in [-0.05, 0) is 36.8 Å². The molecule has 0 radical (unpaired) electrons. The molecule has 116 valence electrons. The molecule has 3 heterocycles. The molecular formula is C16H15N5O2. The van der Waals surface area contributed by atoms with Crippen molar-refractivity contribution in [1.82, 2.24) is 24.8 Å². The summed E-state index contributed by atoms with van der Waals surface area (Å²) < 4.78 is 1.77. The minimum absolute atomic E-state index is 0.0967. The van der Waals surface area contributed by atoms with Crippen LogP contribution in [0, 0.1) is 6.92 Å². The van der Waals surface area contributed by atoms with Crippen LogP contribution in [0.2, 0.25) is 0 Å². The van der Waals surface area contributed by atoms with Crippen LogP contribution in [0.4, 0.5) is 0 Å². The summed E-state index contributed by atoms with van der Waals surface area (Å²) in [6.07, 6.45) is 6.77. The van der Waals surface area contributed by atoms with Crippen molar-refractivity contribution in [2.45, 2.75) is 13.5 Å². The lowest BCUT2D eigenvalue weighted by Crippen LogP contribution is -2.29. The van der Waals surface area contributed by atoms with E-state index in [2.05, 4.69) is 20.3 Å². The van der Waals surface area contributed by atoms with E-state index in [1.54, 1.807) is 48.5 Å². The molecule has 0 aromatic carbocycles. The molecule has 0 fully saturated rings. The zero-order chi connectivity index (χ0) is 16.2. The number of aromatic amines is 1. The average Bonchev–Trinajstić information content (AvgIpc) is 3.07. The van der Waals surface area contributed by atoms with Crippen molar-refractivity contribution in [3.8, 4) is 5.82 Å². The maximum Gasteiger partial charge on any atom is 0.260 e. The number of rotatable bonds is 4. The minimum Gasteiger partial charge on any atom is -0.348 e. The highest BCUT2D eigenvalue weighted by atomic mass is 16.2. The number of pyridine rings is 2. The summed E-state index contributed by atoms with van der Waals surface area (Å²) in [6, 6.07) is 6.87. The zero-order valence-corrected chi connectivity index (χ0v) is 12.5. The van der Waals surface area contributed by atoms with Gasteiger partial charge in [0.25, 0.3) is 11.5 Å². The zero-order valence-electron chi connectivity index (χ0n) is 12.5. The van der Waals surface area contributed by atoms with Crippen molar-refractivity contribution in [3.63, 3.8) is 0 Å². The molecule has 23 heavy (non-hydrogen) atoms. The van der Waals surface area contributed by atoms with Crippen LogP contribution < -0.4 is 10.9 Å². The Morgan fingerprint density at radius 3 is 2.91 bits per heavy atom. The van der Waals surface area contributed by atoms with Crippen LogP contribution in [0.25, 0.3) is 5.82 Å². The molecule has 0 saturated heterocycles. The second-order valence-corrected chi connectivity index (χ2v) is 5.06. The number of H-pyrrole nitrogens is 1. The van der Waals surface area contributed by atoms with Crippen LogP contribution in [-0.4, -0.2) is 25.4 Å². The molecule has 0 spiro atoms. The van der Waals surface area contributed by atoms with Crippen LogP contribution in [-0.2, 0) is 6.54 Å². The molecule has 7 nitrogen and oxygen atoms in total. The van der Waals surface area contributed by atoms with Crippen molar-refractivity contribution in [3.05, 3.63) is 76.4 Å². The summed E-state index contributed by atoms with van der Waals surface area (Å²) in [7, 11) is 0. The fraction of sp³-hybridized carbons (Fsp3) is 0.125. The van der Waals surface area contributed by atoms with E-state index >= 15 is 0 Å². The van der Waals surface area contributed by atoms with Crippen molar-refractivity contribution in [2.75, 3.05) is 0 Å². The van der Waals surface area contributed by atoms with Crippen LogP contribution in [0.15, 0.2) is 54.0 Å². The number of nitrogens with zero attached hydrogens (tertiary/aromatic N) is 3. The molecule has 7 heteroatoms. The first-order valence-electron chi connectivity index (χ1n) is 7.05. The third-order valence-electron chi connectivity index (χ3n) is 3.33. The first-order valence-corrected chi connectivity index (χ1v) is 7.05. The summed E-state index contributed by atoms with van der Waals surface area (Å²) in [4.78, 5) is 34.7. The monoisotopic (exact) mass is 309 g/mol. The Bertz CT molecular complexity index is 883. The number of aromatic nitrogens is 4. The van der Waals surface area contributed by atoms with E-state index in [9.17, 15) is 9.59 Å². The molecular weight excluding hydrogens is 294 g/mol. The molecule has 3 aromatic heterocycles. The van der Waals surface area contributed by atoms with Gasteiger partial charge in [0.05, 0.1) is 0 Å². The van der Waals surface area contributed by atoms with Gasteiger partial charge in [-0.15, -0.1) is 0 Å². The molecule has 0 aliphatic carbocycles. The average molecular weight is 309 g/mol. The van der Waals surface area contributed by atoms with Gasteiger partial charge in [-0.25, -0.2) is 9.97 Å². The van der Waals surface area contributed by atoms with Crippen LogP contribution in [0.5, 0.6) is 0 Å². The van der Waals surface area contributed by atoms with E-state index < -0.39 is 11.5 Å². The smallest absolute Gasteiger partial charge is 0.260 e. The molecule has 2 N–H and O–H groups in total. The maximum absolute atomic E-state index is 12.1. The number of imidazole rings is 1. The van der Waals surface area contributed by atoms with E-state index in [0.717, 1.165) is 5.56 Å².